The molecule has 5 rings (SSSR count). The molecule has 0 bridgehead atoms. The van der Waals surface area contributed by atoms with Gasteiger partial charge in [0.05, 0.1) is 17.7 Å². The third kappa shape index (κ3) is 4.86. The quantitative estimate of drug-likeness (QED) is 0.314. The van der Waals surface area contributed by atoms with Crippen LogP contribution in [-0.2, 0) is 6.42 Å². The van der Waals surface area contributed by atoms with Crippen LogP contribution >= 0.6 is 11.3 Å². The maximum absolute atomic E-state index is 9.60. The summed E-state index contributed by atoms with van der Waals surface area (Å²) in [4.78, 5) is 4.10. The summed E-state index contributed by atoms with van der Waals surface area (Å²) in [6.07, 6.45) is 6.70. The van der Waals surface area contributed by atoms with Crippen LogP contribution in [-0.4, -0.2) is 21.3 Å². The molecule has 0 spiro atoms. The molecule has 1 unspecified atom stereocenters. The number of fused-ring (bicyclic) bond motifs is 1. The Bertz CT molecular complexity index is 1440. The molecule has 1 aliphatic carbocycles. The van der Waals surface area contributed by atoms with Crippen molar-refractivity contribution in [2.45, 2.75) is 45.3 Å². The number of rotatable bonds is 7. The van der Waals surface area contributed by atoms with Crippen LogP contribution in [0, 0.1) is 11.3 Å². The molecule has 180 valence electrons. The second-order valence-electron chi connectivity index (χ2n) is 9.08. The molecule has 2 aromatic heterocycles. The molecule has 0 saturated heterocycles. The number of nitrogens with zero attached hydrogens (tertiary/aromatic N) is 4. The van der Waals surface area contributed by atoms with E-state index >= 15 is 0 Å². The predicted octanol–water partition coefficient (Wildman–Crippen LogP) is 6.56. The molecule has 2 heterocycles. The number of ether oxygens (including phenoxy) is 1. The van der Waals surface area contributed by atoms with Crippen molar-refractivity contribution in [1.29, 1.82) is 5.26 Å². The van der Waals surface area contributed by atoms with Gasteiger partial charge in [-0.1, -0.05) is 36.1 Å². The summed E-state index contributed by atoms with van der Waals surface area (Å²) in [6, 6.07) is 18.4. The van der Waals surface area contributed by atoms with Crippen LogP contribution < -0.4 is 10.1 Å². The molecule has 4 aromatic rings. The molecule has 0 saturated carbocycles. The van der Waals surface area contributed by atoms with E-state index in [9.17, 15) is 5.26 Å². The molecule has 1 atom stereocenters. The Morgan fingerprint density at radius 3 is 2.72 bits per heavy atom. The van der Waals surface area contributed by atoms with Gasteiger partial charge in [-0.05, 0) is 74.6 Å². The van der Waals surface area contributed by atoms with Crippen molar-refractivity contribution in [2.24, 2.45) is 0 Å². The fourth-order valence-corrected chi connectivity index (χ4v) is 5.49. The van der Waals surface area contributed by atoms with Gasteiger partial charge in [-0.25, -0.2) is 0 Å². The average molecular weight is 494 g/mol. The van der Waals surface area contributed by atoms with Gasteiger partial charge >= 0.3 is 0 Å². The van der Waals surface area contributed by atoms with Crippen LogP contribution in [0.5, 0.6) is 5.75 Å². The maximum Gasteiger partial charge on any atom is 0.148 e. The lowest BCUT2D eigenvalue weighted by Crippen LogP contribution is -2.24. The SMILES string of the molecule is C=C(NC1CCCc2c(-c3nnc(-c4ccc(OC(C)C)c(C#N)c4)s3)cccc21)c1ccncc1. The van der Waals surface area contributed by atoms with Crippen LogP contribution in [0.1, 0.15) is 55.0 Å². The number of nitriles is 1. The van der Waals surface area contributed by atoms with Crippen molar-refractivity contribution in [2.75, 3.05) is 0 Å². The molecule has 0 amide bonds. The largest absolute Gasteiger partial charge is 0.490 e. The Kier molecular flexibility index (Phi) is 6.79. The molecule has 1 aliphatic rings. The normalized spacial score (nSPS) is 14.7. The number of benzene rings is 2. The minimum Gasteiger partial charge on any atom is -0.490 e. The summed E-state index contributed by atoms with van der Waals surface area (Å²) in [5, 5.41) is 23.9. The van der Waals surface area contributed by atoms with E-state index in [4.69, 9.17) is 4.74 Å². The van der Waals surface area contributed by atoms with Crippen molar-refractivity contribution < 1.29 is 4.74 Å². The fourth-order valence-electron chi connectivity index (χ4n) is 4.60. The van der Waals surface area contributed by atoms with Gasteiger partial charge in [0, 0.05) is 34.8 Å². The van der Waals surface area contributed by atoms with Crippen LogP contribution in [0.15, 0.2) is 67.5 Å². The smallest absolute Gasteiger partial charge is 0.148 e. The minimum atomic E-state index is 0.000486. The first-order valence-corrected chi connectivity index (χ1v) is 12.9. The lowest BCUT2D eigenvalue weighted by Gasteiger charge is -2.29. The van der Waals surface area contributed by atoms with Gasteiger partial charge in [0.25, 0.3) is 0 Å². The van der Waals surface area contributed by atoms with E-state index in [1.807, 2.05) is 44.2 Å². The first kappa shape index (κ1) is 23.7. The number of pyridine rings is 1. The standard InChI is InChI=1S/C29H27N5OS/c1-18(2)35-27-11-10-21(16-22(27)17-30)28-33-34-29(36-28)25-8-4-7-24-23(25)6-5-9-26(24)32-19(3)20-12-14-31-15-13-20/h4,7-8,10-16,18,26,32H,3,5-6,9H2,1-2H3. The van der Waals surface area contributed by atoms with Gasteiger partial charge < -0.3 is 10.1 Å². The summed E-state index contributed by atoms with van der Waals surface area (Å²) in [6.45, 7) is 8.15. The van der Waals surface area contributed by atoms with Crippen LogP contribution in [0.4, 0.5) is 0 Å². The third-order valence-electron chi connectivity index (χ3n) is 6.25. The van der Waals surface area contributed by atoms with E-state index in [0.717, 1.165) is 51.7 Å². The highest BCUT2D eigenvalue weighted by Crippen LogP contribution is 2.39. The Balaban J connectivity index is 1.43. The van der Waals surface area contributed by atoms with E-state index < -0.39 is 0 Å². The zero-order valence-electron chi connectivity index (χ0n) is 20.4. The van der Waals surface area contributed by atoms with E-state index in [-0.39, 0.29) is 12.1 Å². The molecular formula is C29H27N5OS. The van der Waals surface area contributed by atoms with E-state index in [1.54, 1.807) is 23.7 Å². The molecule has 0 radical (unpaired) electrons. The zero-order chi connectivity index (χ0) is 25.1. The molecular weight excluding hydrogens is 466 g/mol. The van der Waals surface area contributed by atoms with Gasteiger partial charge in [0.1, 0.15) is 21.8 Å². The van der Waals surface area contributed by atoms with Crippen molar-refractivity contribution in [3.8, 4) is 33.0 Å². The Labute approximate surface area is 215 Å². The van der Waals surface area contributed by atoms with Crippen LogP contribution in [0.3, 0.4) is 0 Å². The minimum absolute atomic E-state index is 0.000486. The van der Waals surface area contributed by atoms with E-state index in [1.165, 1.54) is 11.1 Å². The first-order valence-electron chi connectivity index (χ1n) is 12.1. The lowest BCUT2D eigenvalue weighted by molar-refractivity contribution is 0.242. The predicted molar refractivity (Wildman–Crippen MR) is 143 cm³/mol. The Morgan fingerprint density at radius 1 is 1.14 bits per heavy atom. The van der Waals surface area contributed by atoms with Crippen molar-refractivity contribution in [1.82, 2.24) is 20.5 Å². The fraction of sp³-hybridized carbons (Fsp3) is 0.241. The first-order chi connectivity index (χ1) is 17.5. The zero-order valence-corrected chi connectivity index (χ0v) is 21.2. The third-order valence-corrected chi connectivity index (χ3v) is 7.26. The molecule has 2 aromatic carbocycles. The summed E-state index contributed by atoms with van der Waals surface area (Å²) >= 11 is 1.55. The van der Waals surface area contributed by atoms with Crippen LogP contribution in [0.2, 0.25) is 0 Å². The van der Waals surface area contributed by atoms with Gasteiger partial charge in [0.2, 0.25) is 0 Å². The highest BCUT2D eigenvalue weighted by atomic mass is 32.1. The van der Waals surface area contributed by atoms with E-state index in [0.29, 0.717) is 11.3 Å². The van der Waals surface area contributed by atoms with Crippen molar-refractivity contribution in [3.05, 3.63) is 89.8 Å². The molecule has 0 fully saturated rings. The van der Waals surface area contributed by atoms with Gasteiger partial charge in [0.15, 0.2) is 0 Å². The maximum atomic E-state index is 9.60. The Morgan fingerprint density at radius 2 is 1.94 bits per heavy atom. The Hall–Kier alpha value is -4.02. The van der Waals surface area contributed by atoms with E-state index in [2.05, 4.69) is 51.3 Å². The van der Waals surface area contributed by atoms with Crippen LogP contribution in [0.25, 0.3) is 26.8 Å². The summed E-state index contributed by atoms with van der Waals surface area (Å²) < 4.78 is 5.76. The number of nitrogens with one attached hydrogen (secondary N) is 1. The van der Waals surface area contributed by atoms with Crippen molar-refractivity contribution >= 4 is 17.0 Å². The molecule has 6 nitrogen and oxygen atoms in total. The summed E-state index contributed by atoms with van der Waals surface area (Å²) in [5.41, 5.74) is 7.03. The molecule has 1 N–H and O–H groups in total. The molecule has 36 heavy (non-hydrogen) atoms. The number of aromatic nitrogens is 3. The summed E-state index contributed by atoms with van der Waals surface area (Å²) in [5.74, 6) is 0.588. The second-order valence-corrected chi connectivity index (χ2v) is 10.1. The average Bonchev–Trinajstić information content (AvgIpc) is 3.39. The second kappa shape index (κ2) is 10.3. The molecule has 0 aliphatic heterocycles. The number of hydrogen-bond acceptors (Lipinski definition) is 7. The van der Waals surface area contributed by atoms with Gasteiger partial charge in [-0.3, -0.25) is 4.98 Å². The molecule has 7 heteroatoms. The van der Waals surface area contributed by atoms with Crippen molar-refractivity contribution in [3.63, 3.8) is 0 Å². The highest BCUT2D eigenvalue weighted by molar-refractivity contribution is 7.17. The summed E-state index contributed by atoms with van der Waals surface area (Å²) in [7, 11) is 0. The topological polar surface area (TPSA) is 83.7 Å². The highest BCUT2D eigenvalue weighted by Gasteiger charge is 2.24. The van der Waals surface area contributed by atoms with Gasteiger partial charge in [-0.15, -0.1) is 10.2 Å². The monoisotopic (exact) mass is 493 g/mol. The number of hydrogen-bond donors (Lipinski definition) is 1. The van der Waals surface area contributed by atoms with Gasteiger partial charge in [-0.2, -0.15) is 5.26 Å². The lowest BCUT2D eigenvalue weighted by atomic mass is 9.84.